The zero-order valence-corrected chi connectivity index (χ0v) is 16.6. The quantitative estimate of drug-likeness (QED) is 0.629. The molecule has 28 heavy (non-hydrogen) atoms. The van der Waals surface area contributed by atoms with E-state index in [1.165, 1.54) is 5.56 Å². The van der Waals surface area contributed by atoms with Crippen LogP contribution in [-0.2, 0) is 17.6 Å². The largest absolute Gasteiger partial charge is 0.396 e. The lowest BCUT2D eigenvalue weighted by molar-refractivity contribution is -0.119. The minimum atomic E-state index is -0.290. The number of carbonyl (C=O) groups is 1. The lowest BCUT2D eigenvalue weighted by atomic mass is 9.83. The summed E-state index contributed by atoms with van der Waals surface area (Å²) in [5, 5.41) is 9.03. The predicted molar refractivity (Wildman–Crippen MR) is 113 cm³/mol. The second kappa shape index (κ2) is 9.43. The van der Waals surface area contributed by atoms with Crippen molar-refractivity contribution in [3.05, 3.63) is 100 Å². The average Bonchev–Trinajstić information content (AvgIpc) is 2.69. The Morgan fingerprint density at radius 1 is 1.00 bits per heavy atom. The molecule has 0 radical (unpaired) electrons. The molecule has 0 bridgehead atoms. The van der Waals surface area contributed by atoms with Crippen LogP contribution in [0.15, 0.2) is 66.9 Å². The topological polar surface area (TPSA) is 50.2 Å². The zero-order valence-electron chi connectivity index (χ0n) is 16.6. The minimum absolute atomic E-state index is 0.183. The van der Waals surface area contributed by atoms with E-state index in [2.05, 4.69) is 48.3 Å². The summed E-state index contributed by atoms with van der Waals surface area (Å²) in [6.45, 7) is 4.19. The average molecular weight is 373 g/mol. The second-order valence-electron chi connectivity index (χ2n) is 7.31. The Morgan fingerprint density at radius 3 is 2.43 bits per heavy atom. The monoisotopic (exact) mass is 373 g/mol. The Kier molecular flexibility index (Phi) is 6.72. The number of hydrogen-bond acceptors (Lipinski definition) is 3. The van der Waals surface area contributed by atoms with Crippen molar-refractivity contribution >= 4 is 5.78 Å². The Balaban J connectivity index is 1.93. The Labute approximate surface area is 167 Å². The van der Waals surface area contributed by atoms with Crippen LogP contribution in [0.25, 0.3) is 0 Å². The number of nitrogens with zero attached hydrogens (tertiary/aromatic N) is 1. The van der Waals surface area contributed by atoms with Crippen molar-refractivity contribution in [3.8, 4) is 0 Å². The molecule has 0 aliphatic heterocycles. The van der Waals surface area contributed by atoms with E-state index in [9.17, 15) is 4.79 Å². The van der Waals surface area contributed by atoms with E-state index in [1.54, 1.807) is 6.20 Å². The Hall–Kier alpha value is -2.78. The maximum atomic E-state index is 13.4. The van der Waals surface area contributed by atoms with Gasteiger partial charge in [0.1, 0.15) is 5.78 Å². The molecular weight excluding hydrogens is 346 g/mol. The summed E-state index contributed by atoms with van der Waals surface area (Å²) in [6, 6.07) is 20.2. The summed E-state index contributed by atoms with van der Waals surface area (Å²) in [6.07, 6.45) is 3.74. The van der Waals surface area contributed by atoms with Crippen molar-refractivity contribution in [2.45, 2.75) is 39.0 Å². The number of carbonyl (C=O) groups excluding carboxylic acids is 1. The summed E-state index contributed by atoms with van der Waals surface area (Å²) >= 11 is 0. The van der Waals surface area contributed by atoms with Crippen molar-refractivity contribution < 1.29 is 9.90 Å². The minimum Gasteiger partial charge on any atom is -0.396 e. The number of Topliss-reactive ketones (excluding diaryl/α,β-unsaturated/α-hetero) is 1. The smallest absolute Gasteiger partial charge is 0.149 e. The van der Waals surface area contributed by atoms with E-state index in [4.69, 9.17) is 5.11 Å². The van der Waals surface area contributed by atoms with Gasteiger partial charge in [0.25, 0.3) is 0 Å². The fraction of sp³-hybridized carbons (Fsp3) is 0.280. The number of pyridine rings is 1. The molecule has 0 saturated carbocycles. The molecule has 0 aliphatic rings. The summed E-state index contributed by atoms with van der Waals surface area (Å²) in [7, 11) is 0. The molecule has 3 heteroatoms. The van der Waals surface area contributed by atoms with Gasteiger partial charge in [-0.1, -0.05) is 48.5 Å². The highest BCUT2D eigenvalue weighted by Crippen LogP contribution is 2.30. The number of aliphatic hydroxyl groups excluding tert-OH is 1. The molecular formula is C25H27NO2. The van der Waals surface area contributed by atoms with Crippen molar-refractivity contribution in [1.29, 1.82) is 0 Å². The van der Waals surface area contributed by atoms with Crippen molar-refractivity contribution in [2.24, 2.45) is 0 Å². The molecule has 3 nitrogen and oxygen atoms in total. The molecule has 3 rings (SSSR count). The number of benzene rings is 2. The van der Waals surface area contributed by atoms with E-state index >= 15 is 0 Å². The molecule has 1 unspecified atom stereocenters. The fourth-order valence-corrected chi connectivity index (χ4v) is 3.63. The van der Waals surface area contributed by atoms with Gasteiger partial charge in [0, 0.05) is 24.9 Å². The van der Waals surface area contributed by atoms with E-state index in [0.29, 0.717) is 6.42 Å². The maximum absolute atomic E-state index is 13.4. The Morgan fingerprint density at radius 2 is 1.75 bits per heavy atom. The Bertz CT molecular complexity index is 931. The van der Waals surface area contributed by atoms with Crippen LogP contribution in [0, 0.1) is 13.8 Å². The number of hydrogen-bond donors (Lipinski definition) is 1. The molecule has 1 heterocycles. The highest BCUT2D eigenvalue weighted by Gasteiger charge is 2.24. The van der Waals surface area contributed by atoms with Crippen LogP contribution in [0.2, 0.25) is 0 Å². The summed E-state index contributed by atoms with van der Waals surface area (Å²) < 4.78 is 0. The highest BCUT2D eigenvalue weighted by atomic mass is 16.2. The number of ketones is 1. The van der Waals surface area contributed by atoms with Gasteiger partial charge in [-0.15, -0.1) is 0 Å². The summed E-state index contributed by atoms with van der Waals surface area (Å²) in [4.78, 5) is 17.6. The van der Waals surface area contributed by atoms with E-state index in [-0.39, 0.29) is 18.3 Å². The molecule has 1 N–H and O–H groups in total. The van der Waals surface area contributed by atoms with Crippen LogP contribution >= 0.6 is 0 Å². The number of aliphatic hydroxyl groups is 1. The SMILES string of the molecule is Cc1cc(CC(=O)C(c2ccc(CCCO)cc2)c2ccccc2C)ccn1. The standard InChI is InChI=1S/C25H27NO2/c1-18-6-3-4-8-23(18)25(22-11-9-20(10-12-22)7-5-15-27)24(28)17-21-13-14-26-19(2)16-21/h3-4,6,8-14,16,25,27H,5,7,15,17H2,1-2H3. The molecule has 144 valence electrons. The second-order valence-corrected chi connectivity index (χ2v) is 7.31. The normalized spacial score (nSPS) is 12.0. The lowest BCUT2D eigenvalue weighted by Gasteiger charge is -2.20. The number of aromatic nitrogens is 1. The molecule has 1 atom stereocenters. The van der Waals surface area contributed by atoms with E-state index in [0.717, 1.165) is 40.8 Å². The first-order chi connectivity index (χ1) is 13.6. The van der Waals surface area contributed by atoms with Gasteiger partial charge >= 0.3 is 0 Å². The molecule has 0 aliphatic carbocycles. The van der Waals surface area contributed by atoms with E-state index < -0.39 is 0 Å². The molecule has 0 amide bonds. The van der Waals surface area contributed by atoms with Crippen LogP contribution in [0.5, 0.6) is 0 Å². The molecule has 2 aromatic carbocycles. The number of rotatable bonds is 8. The third kappa shape index (κ3) is 4.93. The summed E-state index contributed by atoms with van der Waals surface area (Å²) in [5.41, 5.74) is 6.29. The first-order valence-corrected chi connectivity index (χ1v) is 9.78. The number of aryl methyl sites for hydroxylation is 3. The van der Waals surface area contributed by atoms with Gasteiger partial charge in [-0.25, -0.2) is 0 Å². The molecule has 0 spiro atoms. The van der Waals surface area contributed by atoms with Crippen LogP contribution < -0.4 is 0 Å². The molecule has 3 aromatic rings. The van der Waals surface area contributed by atoms with Crippen molar-refractivity contribution in [1.82, 2.24) is 4.98 Å². The molecule has 0 saturated heterocycles. The van der Waals surface area contributed by atoms with Crippen LogP contribution in [-0.4, -0.2) is 22.5 Å². The first kappa shape index (κ1) is 20.0. The highest BCUT2D eigenvalue weighted by molar-refractivity contribution is 5.91. The van der Waals surface area contributed by atoms with Gasteiger partial charge in [-0.05, 0) is 66.6 Å². The molecule has 1 aromatic heterocycles. The van der Waals surface area contributed by atoms with E-state index in [1.807, 2.05) is 31.2 Å². The van der Waals surface area contributed by atoms with Crippen LogP contribution in [0.3, 0.4) is 0 Å². The van der Waals surface area contributed by atoms with Gasteiger partial charge < -0.3 is 5.11 Å². The third-order valence-corrected chi connectivity index (χ3v) is 5.10. The van der Waals surface area contributed by atoms with Gasteiger partial charge in [-0.2, -0.15) is 0 Å². The molecule has 0 fully saturated rings. The van der Waals surface area contributed by atoms with Gasteiger partial charge in [0.15, 0.2) is 0 Å². The van der Waals surface area contributed by atoms with Gasteiger partial charge in [0.2, 0.25) is 0 Å². The van der Waals surface area contributed by atoms with Crippen LogP contribution in [0.4, 0.5) is 0 Å². The van der Waals surface area contributed by atoms with Crippen LogP contribution in [0.1, 0.15) is 45.8 Å². The summed E-state index contributed by atoms with van der Waals surface area (Å²) in [5.74, 6) is -0.107. The maximum Gasteiger partial charge on any atom is 0.149 e. The van der Waals surface area contributed by atoms with Crippen molar-refractivity contribution in [3.63, 3.8) is 0 Å². The third-order valence-electron chi connectivity index (χ3n) is 5.10. The van der Waals surface area contributed by atoms with Gasteiger partial charge in [-0.3, -0.25) is 9.78 Å². The first-order valence-electron chi connectivity index (χ1n) is 9.78. The fourth-order valence-electron chi connectivity index (χ4n) is 3.63. The predicted octanol–water partition coefficient (Wildman–Crippen LogP) is 4.57. The zero-order chi connectivity index (χ0) is 19.9. The lowest BCUT2D eigenvalue weighted by Crippen LogP contribution is -2.17. The van der Waals surface area contributed by atoms with Gasteiger partial charge in [0.05, 0.1) is 5.92 Å². The van der Waals surface area contributed by atoms with Crippen molar-refractivity contribution in [2.75, 3.05) is 6.61 Å².